The molecule has 0 heterocycles. The summed E-state index contributed by atoms with van der Waals surface area (Å²) in [7, 11) is 0. The van der Waals surface area contributed by atoms with Crippen molar-refractivity contribution < 1.29 is 4.39 Å². The van der Waals surface area contributed by atoms with Crippen LogP contribution in [-0.2, 0) is 6.42 Å². The second kappa shape index (κ2) is 4.97. The van der Waals surface area contributed by atoms with Crippen LogP contribution < -0.4 is 0 Å². The molecule has 0 aliphatic carbocycles. The van der Waals surface area contributed by atoms with E-state index < -0.39 is 0 Å². The minimum Gasteiger partial charge on any atom is -0.206 e. The molecule has 0 radical (unpaired) electrons. The van der Waals surface area contributed by atoms with Gasteiger partial charge in [-0.2, -0.15) is 0 Å². The van der Waals surface area contributed by atoms with Gasteiger partial charge in [-0.1, -0.05) is 22.0 Å². The van der Waals surface area contributed by atoms with Crippen LogP contribution in [0, 0.1) is 5.82 Å². The van der Waals surface area contributed by atoms with E-state index in [2.05, 4.69) is 31.9 Å². The molecule has 0 atom stereocenters. The summed E-state index contributed by atoms with van der Waals surface area (Å²) in [5.74, 6) is -0.197. The van der Waals surface area contributed by atoms with Crippen molar-refractivity contribution >= 4 is 31.9 Å². The Labute approximate surface area is 88.4 Å². The van der Waals surface area contributed by atoms with Gasteiger partial charge in [0, 0.05) is 5.33 Å². The molecule has 0 saturated carbocycles. The van der Waals surface area contributed by atoms with Crippen LogP contribution in [0.5, 0.6) is 0 Å². The number of benzene rings is 1. The summed E-state index contributed by atoms with van der Waals surface area (Å²) in [5, 5.41) is 0.988. The van der Waals surface area contributed by atoms with Gasteiger partial charge < -0.3 is 0 Å². The Morgan fingerprint density at radius 2 is 2.08 bits per heavy atom. The first-order chi connectivity index (χ1) is 5.74. The van der Waals surface area contributed by atoms with Gasteiger partial charge in [-0.15, -0.1) is 0 Å². The van der Waals surface area contributed by atoms with E-state index in [1.165, 1.54) is 11.6 Å². The fourth-order valence-electron chi connectivity index (χ4n) is 0.966. The van der Waals surface area contributed by atoms with Crippen molar-refractivity contribution in [3.63, 3.8) is 0 Å². The van der Waals surface area contributed by atoms with Gasteiger partial charge in [0.15, 0.2) is 0 Å². The van der Waals surface area contributed by atoms with Crippen molar-refractivity contribution in [3.8, 4) is 0 Å². The van der Waals surface area contributed by atoms with Crippen LogP contribution in [0.25, 0.3) is 0 Å². The molecule has 0 nitrogen and oxygen atoms in total. The molecule has 0 fully saturated rings. The number of halogens is 3. The zero-order valence-electron chi connectivity index (χ0n) is 6.49. The third-order valence-corrected chi connectivity index (χ3v) is 2.75. The highest BCUT2D eigenvalue weighted by Gasteiger charge is 1.99. The van der Waals surface area contributed by atoms with E-state index in [4.69, 9.17) is 0 Å². The number of alkyl halides is 1. The Morgan fingerprint density at radius 3 is 2.67 bits per heavy atom. The largest absolute Gasteiger partial charge is 0.206 e. The van der Waals surface area contributed by atoms with E-state index in [0.29, 0.717) is 4.47 Å². The van der Waals surface area contributed by atoms with Gasteiger partial charge in [-0.25, -0.2) is 4.39 Å². The average molecular weight is 296 g/mol. The summed E-state index contributed by atoms with van der Waals surface area (Å²) in [6.45, 7) is 0. The maximum atomic E-state index is 12.8. The summed E-state index contributed by atoms with van der Waals surface area (Å²) in [5.41, 5.74) is 1.17. The third-order valence-electron chi connectivity index (χ3n) is 1.58. The highest BCUT2D eigenvalue weighted by atomic mass is 79.9. The van der Waals surface area contributed by atoms with Crippen LogP contribution in [0.3, 0.4) is 0 Å². The topological polar surface area (TPSA) is 0 Å². The number of hydrogen-bond donors (Lipinski definition) is 0. The van der Waals surface area contributed by atoms with E-state index in [-0.39, 0.29) is 5.82 Å². The van der Waals surface area contributed by atoms with Gasteiger partial charge in [0.1, 0.15) is 5.82 Å². The fourth-order valence-corrected chi connectivity index (χ4v) is 1.67. The molecule has 1 aromatic rings. The predicted molar refractivity (Wildman–Crippen MR) is 56.2 cm³/mol. The summed E-state index contributed by atoms with van der Waals surface area (Å²) < 4.78 is 13.3. The molecule has 0 unspecified atom stereocenters. The monoisotopic (exact) mass is 294 g/mol. The summed E-state index contributed by atoms with van der Waals surface area (Å²) in [4.78, 5) is 0. The van der Waals surface area contributed by atoms with E-state index in [1.807, 2.05) is 12.1 Å². The van der Waals surface area contributed by atoms with Crippen LogP contribution in [0.15, 0.2) is 22.7 Å². The zero-order valence-corrected chi connectivity index (χ0v) is 9.66. The lowest BCUT2D eigenvalue weighted by atomic mass is 10.1. The van der Waals surface area contributed by atoms with Gasteiger partial charge >= 0.3 is 0 Å². The zero-order chi connectivity index (χ0) is 8.97. The molecular formula is C9H9Br2F. The number of aryl methyl sites for hydroxylation is 1. The second-order valence-corrected chi connectivity index (χ2v) is 4.19. The summed E-state index contributed by atoms with van der Waals surface area (Å²) >= 11 is 6.51. The molecule has 12 heavy (non-hydrogen) atoms. The second-order valence-electron chi connectivity index (χ2n) is 2.54. The van der Waals surface area contributed by atoms with Crippen LogP contribution in [0.1, 0.15) is 12.0 Å². The molecule has 0 bridgehead atoms. The lowest BCUT2D eigenvalue weighted by Crippen LogP contribution is -1.87. The molecule has 66 valence electrons. The van der Waals surface area contributed by atoms with Crippen LogP contribution in [0.4, 0.5) is 4.39 Å². The Morgan fingerprint density at radius 1 is 1.33 bits per heavy atom. The third kappa shape index (κ3) is 2.87. The molecular weight excluding hydrogens is 287 g/mol. The van der Waals surface area contributed by atoms with Gasteiger partial charge in [0.05, 0.1) is 4.47 Å². The van der Waals surface area contributed by atoms with Gasteiger partial charge in [-0.05, 0) is 46.5 Å². The summed E-state index contributed by atoms with van der Waals surface area (Å²) in [6, 6.07) is 5.15. The number of rotatable bonds is 3. The fraction of sp³-hybridized carbons (Fsp3) is 0.333. The molecule has 0 spiro atoms. The predicted octanol–water partition coefficient (Wildman–Crippen LogP) is 3.92. The lowest BCUT2D eigenvalue weighted by molar-refractivity contribution is 0.620. The lowest BCUT2D eigenvalue weighted by Gasteiger charge is -2.00. The minimum atomic E-state index is -0.197. The van der Waals surface area contributed by atoms with E-state index in [0.717, 1.165) is 18.2 Å². The molecule has 0 amide bonds. The Bertz CT molecular complexity index is 261. The molecule has 3 heteroatoms. The normalized spacial score (nSPS) is 10.2. The maximum Gasteiger partial charge on any atom is 0.137 e. The van der Waals surface area contributed by atoms with Crippen LogP contribution in [0.2, 0.25) is 0 Å². The van der Waals surface area contributed by atoms with Crippen molar-refractivity contribution in [1.82, 2.24) is 0 Å². The molecule has 0 saturated heterocycles. The van der Waals surface area contributed by atoms with Crippen molar-refractivity contribution in [2.45, 2.75) is 12.8 Å². The highest BCUT2D eigenvalue weighted by molar-refractivity contribution is 9.10. The standard InChI is InChI=1S/C9H9Br2F/c10-5-1-2-7-3-4-9(12)8(11)6-7/h3-4,6H,1-2,5H2. The minimum absolute atomic E-state index is 0.197. The first-order valence-electron chi connectivity index (χ1n) is 3.74. The molecule has 0 N–H and O–H groups in total. The van der Waals surface area contributed by atoms with E-state index in [1.54, 1.807) is 0 Å². The van der Waals surface area contributed by atoms with Crippen LogP contribution in [-0.4, -0.2) is 5.33 Å². The van der Waals surface area contributed by atoms with Crippen molar-refractivity contribution in [2.75, 3.05) is 5.33 Å². The van der Waals surface area contributed by atoms with Gasteiger partial charge in [-0.3, -0.25) is 0 Å². The quantitative estimate of drug-likeness (QED) is 0.742. The molecule has 0 aliphatic rings. The van der Waals surface area contributed by atoms with Gasteiger partial charge in [0.2, 0.25) is 0 Å². The smallest absolute Gasteiger partial charge is 0.137 e. The number of hydrogen-bond acceptors (Lipinski definition) is 0. The van der Waals surface area contributed by atoms with Crippen molar-refractivity contribution in [3.05, 3.63) is 34.1 Å². The molecule has 1 aromatic carbocycles. The van der Waals surface area contributed by atoms with E-state index >= 15 is 0 Å². The first-order valence-corrected chi connectivity index (χ1v) is 5.65. The molecule has 1 rings (SSSR count). The van der Waals surface area contributed by atoms with E-state index in [9.17, 15) is 4.39 Å². The van der Waals surface area contributed by atoms with Crippen molar-refractivity contribution in [2.24, 2.45) is 0 Å². The Balaban J connectivity index is 2.69. The van der Waals surface area contributed by atoms with Crippen molar-refractivity contribution in [1.29, 1.82) is 0 Å². The van der Waals surface area contributed by atoms with Crippen LogP contribution >= 0.6 is 31.9 Å². The highest BCUT2D eigenvalue weighted by Crippen LogP contribution is 2.17. The molecule has 0 aliphatic heterocycles. The van der Waals surface area contributed by atoms with Gasteiger partial charge in [0.25, 0.3) is 0 Å². The molecule has 0 aromatic heterocycles. The SMILES string of the molecule is Fc1ccc(CCCBr)cc1Br. The first kappa shape index (κ1) is 10.2. The Kier molecular flexibility index (Phi) is 4.22. The maximum absolute atomic E-state index is 12.8. The Hall–Kier alpha value is 0.110. The average Bonchev–Trinajstić information content (AvgIpc) is 2.07. The summed E-state index contributed by atoms with van der Waals surface area (Å²) in [6.07, 6.45) is 2.07.